The number of alkyl halides is 3. The van der Waals surface area contributed by atoms with Crippen LogP contribution < -0.4 is 15.5 Å². The van der Waals surface area contributed by atoms with E-state index in [0.29, 0.717) is 13.0 Å². The molecule has 1 aliphatic rings. The minimum absolute atomic E-state index is 0.124. The second-order valence-corrected chi connectivity index (χ2v) is 7.85. The topological polar surface area (TPSA) is 64.7 Å². The van der Waals surface area contributed by atoms with Crippen molar-refractivity contribution < 1.29 is 22.8 Å². The molecule has 0 aromatic heterocycles. The molecule has 2 amide bonds. The van der Waals surface area contributed by atoms with Gasteiger partial charge in [0.05, 0.1) is 5.56 Å². The highest BCUT2D eigenvalue weighted by Gasteiger charge is 2.30. The molecule has 0 unspecified atom stereocenters. The molecule has 0 spiro atoms. The van der Waals surface area contributed by atoms with Crippen LogP contribution in [0.15, 0.2) is 48.5 Å². The summed E-state index contributed by atoms with van der Waals surface area (Å²) in [6.45, 7) is 4.44. The summed E-state index contributed by atoms with van der Waals surface area (Å²) in [5.41, 5.74) is 1.65. The fourth-order valence-electron chi connectivity index (χ4n) is 3.44. The first-order valence-electron chi connectivity index (χ1n) is 10.5. The van der Waals surface area contributed by atoms with Crippen molar-refractivity contribution in [2.24, 2.45) is 0 Å². The van der Waals surface area contributed by atoms with Crippen LogP contribution in [0.1, 0.15) is 17.5 Å². The van der Waals surface area contributed by atoms with Gasteiger partial charge in [-0.25, -0.2) is 0 Å². The van der Waals surface area contributed by atoms with E-state index in [1.165, 1.54) is 5.69 Å². The molecule has 0 bridgehead atoms. The Balaban J connectivity index is 1.37. The highest BCUT2D eigenvalue weighted by molar-refractivity contribution is 6.39. The van der Waals surface area contributed by atoms with Gasteiger partial charge in [-0.1, -0.05) is 12.1 Å². The van der Waals surface area contributed by atoms with Gasteiger partial charge >= 0.3 is 18.0 Å². The number of benzene rings is 2. The maximum atomic E-state index is 12.6. The number of anilines is 2. The van der Waals surface area contributed by atoms with Crippen LogP contribution in [0.5, 0.6) is 0 Å². The SMILES string of the molecule is CN1CCN(c2ccc(CCCNC(=O)C(=O)Nc3ccc(C(F)(F)F)cc3)cc2)CC1. The van der Waals surface area contributed by atoms with Crippen LogP contribution in [0.25, 0.3) is 0 Å². The summed E-state index contributed by atoms with van der Waals surface area (Å²) >= 11 is 0. The van der Waals surface area contributed by atoms with Gasteiger partial charge in [-0.15, -0.1) is 0 Å². The van der Waals surface area contributed by atoms with Crippen LogP contribution in [-0.4, -0.2) is 56.5 Å². The van der Waals surface area contributed by atoms with Gasteiger partial charge in [-0.3, -0.25) is 9.59 Å². The minimum atomic E-state index is -4.45. The Morgan fingerprint density at radius 1 is 0.906 bits per heavy atom. The average molecular weight is 448 g/mol. The van der Waals surface area contributed by atoms with E-state index in [2.05, 4.69) is 51.7 Å². The Hall–Kier alpha value is -3.07. The number of rotatable bonds is 6. The molecule has 2 aromatic carbocycles. The van der Waals surface area contributed by atoms with Crippen molar-refractivity contribution in [1.82, 2.24) is 10.2 Å². The zero-order valence-electron chi connectivity index (χ0n) is 17.9. The molecule has 3 rings (SSSR count). The number of hydrogen-bond donors (Lipinski definition) is 2. The molecule has 0 aliphatic carbocycles. The molecule has 1 fully saturated rings. The monoisotopic (exact) mass is 448 g/mol. The number of likely N-dealkylation sites (N-methyl/N-ethyl adjacent to an activating group) is 1. The van der Waals surface area contributed by atoms with Gasteiger partial charge in [0, 0.05) is 44.1 Å². The maximum Gasteiger partial charge on any atom is 0.416 e. The van der Waals surface area contributed by atoms with Gasteiger partial charge in [0.2, 0.25) is 0 Å². The third kappa shape index (κ3) is 6.71. The number of nitrogens with one attached hydrogen (secondary N) is 2. The molecule has 0 saturated carbocycles. The summed E-state index contributed by atoms with van der Waals surface area (Å²) in [7, 11) is 2.12. The van der Waals surface area contributed by atoms with E-state index in [1.54, 1.807) is 0 Å². The first-order valence-corrected chi connectivity index (χ1v) is 10.5. The van der Waals surface area contributed by atoms with Crippen LogP contribution in [0.4, 0.5) is 24.5 Å². The first kappa shape index (κ1) is 23.6. The Bertz CT molecular complexity index is 906. The predicted octanol–water partition coefficient (Wildman–Crippen LogP) is 3.14. The molecule has 1 aliphatic heterocycles. The molecule has 172 valence electrons. The summed E-state index contributed by atoms with van der Waals surface area (Å²) in [5, 5.41) is 4.82. The molecule has 1 saturated heterocycles. The normalized spacial score (nSPS) is 14.8. The maximum absolute atomic E-state index is 12.6. The number of amides is 2. The van der Waals surface area contributed by atoms with Crippen molar-refractivity contribution in [2.75, 3.05) is 50.0 Å². The van der Waals surface area contributed by atoms with Crippen molar-refractivity contribution in [3.8, 4) is 0 Å². The zero-order chi connectivity index (χ0) is 23.1. The standard InChI is InChI=1S/C23H27F3N4O2/c1-29-13-15-30(16-14-29)20-10-4-17(5-11-20)3-2-12-27-21(31)22(32)28-19-8-6-18(7-9-19)23(24,25)26/h4-11H,2-3,12-16H2,1H3,(H,27,31)(H,28,32). The molecule has 0 atom stereocenters. The van der Waals surface area contributed by atoms with Crippen LogP contribution in [-0.2, 0) is 22.2 Å². The van der Waals surface area contributed by atoms with Gasteiger partial charge in [-0.2, -0.15) is 13.2 Å². The third-order valence-electron chi connectivity index (χ3n) is 5.41. The smallest absolute Gasteiger partial charge is 0.369 e. The Kier molecular flexibility index (Phi) is 7.74. The van der Waals surface area contributed by atoms with Gasteiger partial charge in [0.25, 0.3) is 0 Å². The number of halogens is 3. The van der Waals surface area contributed by atoms with Crippen LogP contribution in [0.2, 0.25) is 0 Å². The summed E-state index contributed by atoms with van der Waals surface area (Å²) in [6.07, 6.45) is -3.04. The van der Waals surface area contributed by atoms with E-state index >= 15 is 0 Å². The molecule has 9 heteroatoms. The van der Waals surface area contributed by atoms with E-state index in [9.17, 15) is 22.8 Å². The highest BCUT2D eigenvalue weighted by atomic mass is 19.4. The predicted molar refractivity (Wildman–Crippen MR) is 118 cm³/mol. The number of carbonyl (C=O) groups is 2. The van der Waals surface area contributed by atoms with Crippen molar-refractivity contribution in [3.63, 3.8) is 0 Å². The summed E-state index contributed by atoms with van der Waals surface area (Å²) in [5.74, 6) is -1.74. The number of carbonyl (C=O) groups excluding carboxylic acids is 2. The Morgan fingerprint density at radius 3 is 2.12 bits per heavy atom. The van der Waals surface area contributed by atoms with Gasteiger partial charge in [0.15, 0.2) is 0 Å². The molecule has 2 N–H and O–H groups in total. The second kappa shape index (κ2) is 10.5. The number of piperazine rings is 1. The lowest BCUT2D eigenvalue weighted by atomic mass is 10.1. The van der Waals surface area contributed by atoms with Crippen LogP contribution in [0.3, 0.4) is 0 Å². The molecular weight excluding hydrogens is 421 g/mol. The molecule has 2 aromatic rings. The summed E-state index contributed by atoms with van der Waals surface area (Å²) in [6, 6.07) is 12.3. The number of hydrogen-bond acceptors (Lipinski definition) is 4. The van der Waals surface area contributed by atoms with E-state index in [0.717, 1.165) is 62.4 Å². The molecule has 32 heavy (non-hydrogen) atoms. The summed E-state index contributed by atoms with van der Waals surface area (Å²) in [4.78, 5) is 28.5. The van der Waals surface area contributed by atoms with Crippen LogP contribution in [0, 0.1) is 0 Å². The first-order chi connectivity index (χ1) is 15.2. The number of aryl methyl sites for hydroxylation is 1. The largest absolute Gasteiger partial charge is 0.416 e. The van der Waals surface area contributed by atoms with Crippen molar-refractivity contribution in [2.45, 2.75) is 19.0 Å². The lowest BCUT2D eigenvalue weighted by molar-refractivity contribution is -0.137. The van der Waals surface area contributed by atoms with Crippen molar-refractivity contribution >= 4 is 23.2 Å². The minimum Gasteiger partial charge on any atom is -0.369 e. The van der Waals surface area contributed by atoms with Gasteiger partial charge in [-0.05, 0) is 61.9 Å². The van der Waals surface area contributed by atoms with Crippen LogP contribution >= 0.6 is 0 Å². The number of nitrogens with zero attached hydrogens (tertiary/aromatic N) is 2. The molecule has 6 nitrogen and oxygen atoms in total. The molecular formula is C23H27F3N4O2. The fourth-order valence-corrected chi connectivity index (χ4v) is 3.44. The third-order valence-corrected chi connectivity index (χ3v) is 5.41. The Labute approximate surface area is 185 Å². The lowest BCUT2D eigenvalue weighted by Gasteiger charge is -2.34. The molecule has 1 heterocycles. The molecule has 0 radical (unpaired) electrons. The van der Waals surface area contributed by atoms with Crippen molar-refractivity contribution in [3.05, 3.63) is 59.7 Å². The lowest BCUT2D eigenvalue weighted by Crippen LogP contribution is -2.44. The fraction of sp³-hybridized carbons (Fsp3) is 0.391. The van der Waals surface area contributed by atoms with E-state index in [1.807, 2.05) is 0 Å². The zero-order valence-corrected chi connectivity index (χ0v) is 17.9. The van der Waals surface area contributed by atoms with Gasteiger partial charge < -0.3 is 20.4 Å². The quantitative estimate of drug-likeness (QED) is 0.527. The second-order valence-electron chi connectivity index (χ2n) is 7.85. The Morgan fingerprint density at radius 2 is 1.53 bits per heavy atom. The van der Waals surface area contributed by atoms with E-state index in [-0.39, 0.29) is 5.69 Å². The highest BCUT2D eigenvalue weighted by Crippen LogP contribution is 2.29. The van der Waals surface area contributed by atoms with E-state index < -0.39 is 23.6 Å². The van der Waals surface area contributed by atoms with Crippen molar-refractivity contribution in [1.29, 1.82) is 0 Å². The average Bonchev–Trinajstić information content (AvgIpc) is 2.77. The van der Waals surface area contributed by atoms with E-state index in [4.69, 9.17) is 0 Å². The van der Waals surface area contributed by atoms with Gasteiger partial charge in [0.1, 0.15) is 0 Å². The summed E-state index contributed by atoms with van der Waals surface area (Å²) < 4.78 is 37.7.